The summed E-state index contributed by atoms with van der Waals surface area (Å²) in [6.45, 7) is 0. The third-order valence-electron chi connectivity index (χ3n) is 2.40. The summed E-state index contributed by atoms with van der Waals surface area (Å²) in [5.74, 6) is -1.72. The van der Waals surface area contributed by atoms with Crippen LogP contribution in [0.5, 0.6) is 0 Å². The number of hydrazine groups is 1. The van der Waals surface area contributed by atoms with E-state index in [0.717, 1.165) is 12.1 Å². The number of hydrogen-bond donors (Lipinski definition) is 2. The molecule has 9 heteroatoms. The van der Waals surface area contributed by atoms with Gasteiger partial charge >= 0.3 is 0 Å². The van der Waals surface area contributed by atoms with Gasteiger partial charge in [0.15, 0.2) is 5.82 Å². The Bertz CT molecular complexity index is 765. The highest BCUT2D eigenvalue weighted by Gasteiger charge is 2.16. The van der Waals surface area contributed by atoms with Gasteiger partial charge in [0.25, 0.3) is 10.0 Å². The van der Waals surface area contributed by atoms with Crippen LogP contribution in [0.15, 0.2) is 41.3 Å². The second kappa shape index (κ2) is 6.15. The Labute approximate surface area is 129 Å². The van der Waals surface area contributed by atoms with E-state index in [-0.39, 0.29) is 20.6 Å². The molecule has 2 N–H and O–H groups in total. The molecule has 0 saturated carbocycles. The van der Waals surface area contributed by atoms with E-state index in [9.17, 15) is 17.2 Å². The monoisotopic (exact) mass is 352 g/mol. The molecule has 112 valence electrons. The minimum absolute atomic E-state index is 0.135. The SMILES string of the molecule is O=S(=O)(NNc1ccc(F)cc1F)c1cc(Cl)cc(Cl)c1. The third kappa shape index (κ3) is 4.04. The topological polar surface area (TPSA) is 58.2 Å². The lowest BCUT2D eigenvalue weighted by Crippen LogP contribution is -2.30. The lowest BCUT2D eigenvalue weighted by atomic mass is 10.3. The van der Waals surface area contributed by atoms with Crippen molar-refractivity contribution in [1.82, 2.24) is 4.83 Å². The van der Waals surface area contributed by atoms with Crippen LogP contribution in [0.2, 0.25) is 10.0 Å². The normalized spacial score (nSPS) is 11.4. The Hall–Kier alpha value is -1.41. The quantitative estimate of drug-likeness (QED) is 0.827. The first kappa shape index (κ1) is 16.0. The van der Waals surface area contributed by atoms with Gasteiger partial charge in [-0.3, -0.25) is 0 Å². The van der Waals surface area contributed by atoms with Crippen molar-refractivity contribution < 1.29 is 17.2 Å². The molecule has 0 bridgehead atoms. The Balaban J connectivity index is 2.21. The highest BCUT2D eigenvalue weighted by Crippen LogP contribution is 2.22. The predicted octanol–water partition coefficient (Wildman–Crippen LogP) is 3.58. The summed E-state index contributed by atoms with van der Waals surface area (Å²) < 4.78 is 50.1. The Morgan fingerprint density at radius 3 is 2.14 bits per heavy atom. The first-order valence-electron chi connectivity index (χ1n) is 5.47. The predicted molar refractivity (Wildman–Crippen MR) is 76.8 cm³/mol. The van der Waals surface area contributed by atoms with Gasteiger partial charge < -0.3 is 5.43 Å². The second-order valence-corrected chi connectivity index (χ2v) is 6.52. The van der Waals surface area contributed by atoms with Crippen LogP contribution in [-0.2, 0) is 10.0 Å². The van der Waals surface area contributed by atoms with E-state index in [1.807, 2.05) is 4.83 Å². The molecule has 0 radical (unpaired) electrons. The number of halogens is 4. The van der Waals surface area contributed by atoms with E-state index < -0.39 is 21.7 Å². The van der Waals surface area contributed by atoms with Gasteiger partial charge in [0, 0.05) is 16.1 Å². The molecule has 0 aromatic heterocycles. The van der Waals surface area contributed by atoms with Crippen molar-refractivity contribution in [3.05, 3.63) is 58.1 Å². The number of nitrogens with one attached hydrogen (secondary N) is 2. The molecule has 21 heavy (non-hydrogen) atoms. The average Bonchev–Trinajstić information content (AvgIpc) is 2.36. The lowest BCUT2D eigenvalue weighted by Gasteiger charge is -2.10. The summed E-state index contributed by atoms with van der Waals surface area (Å²) >= 11 is 11.4. The molecule has 0 amide bonds. The van der Waals surface area contributed by atoms with Crippen molar-refractivity contribution in [2.24, 2.45) is 0 Å². The molecule has 2 aromatic carbocycles. The fourth-order valence-corrected chi connectivity index (χ4v) is 3.04. The molecule has 0 aliphatic heterocycles. The highest BCUT2D eigenvalue weighted by molar-refractivity contribution is 7.89. The van der Waals surface area contributed by atoms with Gasteiger partial charge in [-0.05, 0) is 30.3 Å². The molecule has 0 unspecified atom stereocenters. The van der Waals surface area contributed by atoms with Crippen molar-refractivity contribution in [2.75, 3.05) is 5.43 Å². The van der Waals surface area contributed by atoms with Gasteiger partial charge in [0.05, 0.1) is 10.6 Å². The van der Waals surface area contributed by atoms with E-state index in [4.69, 9.17) is 23.2 Å². The Morgan fingerprint density at radius 2 is 1.57 bits per heavy atom. The molecule has 2 rings (SSSR count). The zero-order valence-electron chi connectivity index (χ0n) is 10.2. The Morgan fingerprint density at radius 1 is 0.952 bits per heavy atom. The number of sulfonamides is 1. The first-order chi connectivity index (χ1) is 9.78. The summed E-state index contributed by atoms with van der Waals surface area (Å²) in [7, 11) is -4.02. The van der Waals surface area contributed by atoms with Crippen LogP contribution in [0, 0.1) is 11.6 Å². The fraction of sp³-hybridized carbons (Fsp3) is 0. The van der Waals surface area contributed by atoms with Gasteiger partial charge in [-0.1, -0.05) is 23.2 Å². The van der Waals surface area contributed by atoms with Gasteiger partial charge in [0.1, 0.15) is 5.82 Å². The van der Waals surface area contributed by atoms with E-state index in [2.05, 4.69) is 5.43 Å². The molecule has 0 aliphatic rings. The van der Waals surface area contributed by atoms with E-state index >= 15 is 0 Å². The van der Waals surface area contributed by atoms with E-state index in [1.54, 1.807) is 0 Å². The molecule has 0 saturated heterocycles. The smallest absolute Gasteiger partial charge is 0.257 e. The van der Waals surface area contributed by atoms with Gasteiger partial charge in [-0.2, -0.15) is 0 Å². The van der Waals surface area contributed by atoms with Crippen LogP contribution in [0.1, 0.15) is 0 Å². The standard InChI is InChI=1S/C12H8Cl2F2N2O2S/c13-7-3-8(14)5-10(4-7)21(19,20)18-17-12-2-1-9(15)6-11(12)16/h1-6,17-18H. The van der Waals surface area contributed by atoms with Crippen LogP contribution in [0.4, 0.5) is 14.5 Å². The van der Waals surface area contributed by atoms with Crippen LogP contribution in [-0.4, -0.2) is 8.42 Å². The van der Waals surface area contributed by atoms with Crippen molar-refractivity contribution in [3.63, 3.8) is 0 Å². The van der Waals surface area contributed by atoms with E-state index in [1.165, 1.54) is 18.2 Å². The summed E-state index contributed by atoms with van der Waals surface area (Å²) in [6.07, 6.45) is 0. The second-order valence-electron chi connectivity index (χ2n) is 3.96. The molecule has 0 heterocycles. The van der Waals surface area contributed by atoms with Gasteiger partial charge in [-0.15, -0.1) is 4.83 Å². The van der Waals surface area contributed by atoms with E-state index in [0.29, 0.717) is 6.07 Å². The summed E-state index contributed by atoms with van der Waals surface area (Å²) in [6, 6.07) is 6.38. The van der Waals surface area contributed by atoms with Crippen LogP contribution in [0.25, 0.3) is 0 Å². The molecule has 4 nitrogen and oxygen atoms in total. The molecule has 0 aliphatic carbocycles. The maximum atomic E-state index is 13.4. The lowest BCUT2D eigenvalue weighted by molar-refractivity contribution is 0.580. The number of rotatable bonds is 4. The first-order valence-corrected chi connectivity index (χ1v) is 7.71. The minimum atomic E-state index is -4.02. The number of benzene rings is 2. The molecule has 2 aromatic rings. The summed E-state index contributed by atoms with van der Waals surface area (Å²) in [4.78, 5) is 1.75. The minimum Gasteiger partial charge on any atom is -0.305 e. The number of hydrogen-bond acceptors (Lipinski definition) is 3. The third-order valence-corrected chi connectivity index (χ3v) is 4.06. The van der Waals surface area contributed by atoms with Crippen LogP contribution < -0.4 is 10.3 Å². The van der Waals surface area contributed by atoms with Crippen LogP contribution in [0.3, 0.4) is 0 Å². The van der Waals surface area contributed by atoms with Crippen molar-refractivity contribution in [3.8, 4) is 0 Å². The molecule has 0 atom stereocenters. The Kier molecular flexibility index (Phi) is 4.67. The highest BCUT2D eigenvalue weighted by atomic mass is 35.5. The van der Waals surface area contributed by atoms with Crippen molar-refractivity contribution in [2.45, 2.75) is 4.90 Å². The zero-order valence-corrected chi connectivity index (χ0v) is 12.5. The number of anilines is 1. The summed E-state index contributed by atoms with van der Waals surface area (Å²) in [5.41, 5.74) is 1.92. The molecule has 0 fully saturated rings. The van der Waals surface area contributed by atoms with Crippen LogP contribution >= 0.6 is 23.2 Å². The fourth-order valence-electron chi connectivity index (χ4n) is 1.46. The molecule has 0 spiro atoms. The maximum absolute atomic E-state index is 13.4. The van der Waals surface area contributed by atoms with Crippen molar-refractivity contribution >= 4 is 38.9 Å². The largest absolute Gasteiger partial charge is 0.305 e. The van der Waals surface area contributed by atoms with Gasteiger partial charge in [-0.25, -0.2) is 17.2 Å². The summed E-state index contributed by atoms with van der Waals surface area (Å²) in [5, 5.41) is 0.270. The average molecular weight is 353 g/mol. The van der Waals surface area contributed by atoms with Crippen molar-refractivity contribution in [1.29, 1.82) is 0 Å². The zero-order chi connectivity index (χ0) is 15.6. The van der Waals surface area contributed by atoms with Gasteiger partial charge in [0.2, 0.25) is 0 Å². The molecular weight excluding hydrogens is 345 g/mol. The molecular formula is C12H8Cl2F2N2O2S. The maximum Gasteiger partial charge on any atom is 0.257 e.